The minimum Gasteiger partial charge on any atom is -0.494 e. The molecule has 2 aromatic carbocycles. The van der Waals surface area contributed by atoms with Crippen molar-refractivity contribution >= 4 is 5.69 Å². The second kappa shape index (κ2) is 7.05. The fourth-order valence-electron chi connectivity index (χ4n) is 3.35. The number of hydrogen-bond donors (Lipinski definition) is 1. The van der Waals surface area contributed by atoms with Crippen molar-refractivity contribution in [1.29, 1.82) is 0 Å². The van der Waals surface area contributed by atoms with Crippen LogP contribution < -0.4 is 15.4 Å². The molecule has 3 heteroatoms. The summed E-state index contributed by atoms with van der Waals surface area (Å²) in [5, 5.41) is 0. The Labute approximate surface area is 139 Å². The number of anilines is 1. The topological polar surface area (TPSA) is 38.5 Å². The molecule has 122 valence electrons. The molecule has 1 aliphatic heterocycles. The molecule has 1 aliphatic rings. The molecule has 2 unspecified atom stereocenters. The molecule has 0 amide bonds. The lowest BCUT2D eigenvalue weighted by molar-refractivity contribution is 0.340. The van der Waals surface area contributed by atoms with Gasteiger partial charge in [0.1, 0.15) is 5.75 Å². The first-order valence-corrected chi connectivity index (χ1v) is 8.45. The Kier molecular flexibility index (Phi) is 4.87. The van der Waals surface area contributed by atoms with E-state index in [1.54, 1.807) is 0 Å². The maximum absolute atomic E-state index is 6.33. The Hall–Kier alpha value is -2.00. The monoisotopic (exact) mass is 310 g/mol. The molecular formula is C20H26N2O. The number of benzene rings is 2. The van der Waals surface area contributed by atoms with E-state index in [0.29, 0.717) is 12.5 Å². The van der Waals surface area contributed by atoms with Crippen LogP contribution in [0.3, 0.4) is 0 Å². The minimum absolute atomic E-state index is 0.210. The van der Waals surface area contributed by atoms with E-state index in [-0.39, 0.29) is 6.04 Å². The molecule has 0 bridgehead atoms. The summed E-state index contributed by atoms with van der Waals surface area (Å²) >= 11 is 0. The summed E-state index contributed by atoms with van der Waals surface area (Å²) < 4.78 is 5.53. The van der Waals surface area contributed by atoms with Gasteiger partial charge in [0.15, 0.2) is 0 Å². The Morgan fingerprint density at radius 3 is 2.39 bits per heavy atom. The Morgan fingerprint density at radius 2 is 1.74 bits per heavy atom. The first kappa shape index (κ1) is 15.9. The van der Waals surface area contributed by atoms with Gasteiger partial charge in [-0.05, 0) is 50.1 Å². The third-order valence-corrected chi connectivity index (χ3v) is 4.54. The molecule has 0 saturated carbocycles. The lowest BCUT2D eigenvalue weighted by Crippen LogP contribution is -2.46. The zero-order valence-electron chi connectivity index (χ0n) is 14.0. The van der Waals surface area contributed by atoms with Gasteiger partial charge in [0.2, 0.25) is 0 Å². The molecule has 1 saturated heterocycles. The van der Waals surface area contributed by atoms with Crippen molar-refractivity contribution in [3.8, 4) is 5.75 Å². The second-order valence-corrected chi connectivity index (χ2v) is 6.44. The van der Waals surface area contributed by atoms with Crippen molar-refractivity contribution in [2.75, 3.05) is 24.6 Å². The second-order valence-electron chi connectivity index (χ2n) is 6.44. The van der Waals surface area contributed by atoms with E-state index in [4.69, 9.17) is 10.5 Å². The summed E-state index contributed by atoms with van der Waals surface area (Å²) in [4.78, 5) is 2.40. The average Bonchev–Trinajstić information content (AvgIpc) is 2.56. The van der Waals surface area contributed by atoms with Crippen molar-refractivity contribution in [3.05, 3.63) is 59.7 Å². The molecule has 3 nitrogen and oxygen atoms in total. The third-order valence-electron chi connectivity index (χ3n) is 4.54. The highest BCUT2D eigenvalue weighted by molar-refractivity contribution is 5.50. The van der Waals surface area contributed by atoms with Crippen molar-refractivity contribution in [3.63, 3.8) is 0 Å². The number of aryl methyl sites for hydroxylation is 1. The average molecular weight is 310 g/mol. The first-order valence-electron chi connectivity index (χ1n) is 8.45. The van der Waals surface area contributed by atoms with Crippen LogP contribution in [0.2, 0.25) is 0 Å². The van der Waals surface area contributed by atoms with Gasteiger partial charge in [-0.15, -0.1) is 0 Å². The summed E-state index contributed by atoms with van der Waals surface area (Å²) in [5.74, 6) is 1.42. The van der Waals surface area contributed by atoms with Crippen LogP contribution in [-0.2, 0) is 0 Å². The van der Waals surface area contributed by atoms with Gasteiger partial charge in [-0.3, -0.25) is 0 Å². The molecule has 0 aliphatic carbocycles. The van der Waals surface area contributed by atoms with E-state index >= 15 is 0 Å². The number of hydrogen-bond acceptors (Lipinski definition) is 3. The number of nitrogens with zero attached hydrogens (tertiary/aromatic N) is 1. The Balaban J connectivity index is 1.76. The highest BCUT2D eigenvalue weighted by atomic mass is 16.5. The molecule has 2 atom stereocenters. The number of nitrogens with two attached hydrogens (primary N) is 1. The number of piperidine rings is 1. The quantitative estimate of drug-likeness (QED) is 0.935. The fourth-order valence-corrected chi connectivity index (χ4v) is 3.35. The van der Waals surface area contributed by atoms with Crippen LogP contribution in [0.1, 0.15) is 30.4 Å². The van der Waals surface area contributed by atoms with Crippen LogP contribution in [0.15, 0.2) is 48.5 Å². The molecular weight excluding hydrogens is 284 g/mol. The molecule has 0 spiro atoms. The highest BCUT2D eigenvalue weighted by Crippen LogP contribution is 2.30. The van der Waals surface area contributed by atoms with Gasteiger partial charge >= 0.3 is 0 Å². The van der Waals surface area contributed by atoms with Crippen LogP contribution in [0.25, 0.3) is 0 Å². The molecule has 0 radical (unpaired) electrons. The van der Waals surface area contributed by atoms with E-state index in [1.807, 2.05) is 19.1 Å². The SMILES string of the molecule is CCOc1ccc(N2CC(N)CC(c3ccc(C)cc3)C2)cc1. The van der Waals surface area contributed by atoms with Crippen LogP contribution in [0.5, 0.6) is 5.75 Å². The van der Waals surface area contributed by atoms with E-state index in [9.17, 15) is 0 Å². The lowest BCUT2D eigenvalue weighted by atomic mass is 9.88. The Morgan fingerprint density at radius 1 is 1.04 bits per heavy atom. The standard InChI is InChI=1S/C20H26N2O/c1-3-23-20-10-8-19(9-11-20)22-13-17(12-18(21)14-22)16-6-4-15(2)5-7-16/h4-11,17-18H,3,12-14,21H2,1-2H3. The van der Waals surface area contributed by atoms with Gasteiger partial charge in [0.25, 0.3) is 0 Å². The van der Waals surface area contributed by atoms with Crippen LogP contribution >= 0.6 is 0 Å². The minimum atomic E-state index is 0.210. The maximum atomic E-state index is 6.33. The molecule has 1 fully saturated rings. The summed E-state index contributed by atoms with van der Waals surface area (Å²) in [6, 6.07) is 17.4. The third kappa shape index (κ3) is 3.85. The predicted octanol–water partition coefficient (Wildman–Crippen LogP) is 3.71. The first-order chi connectivity index (χ1) is 11.2. The van der Waals surface area contributed by atoms with Crippen LogP contribution in [-0.4, -0.2) is 25.7 Å². The van der Waals surface area contributed by atoms with Crippen molar-refractivity contribution in [2.45, 2.75) is 32.2 Å². The van der Waals surface area contributed by atoms with Crippen molar-refractivity contribution in [1.82, 2.24) is 0 Å². The van der Waals surface area contributed by atoms with Gasteiger partial charge in [0, 0.05) is 30.7 Å². The summed E-state index contributed by atoms with van der Waals surface area (Å²) in [6.45, 7) is 6.76. The predicted molar refractivity (Wildman–Crippen MR) is 96.3 cm³/mol. The maximum Gasteiger partial charge on any atom is 0.119 e. The highest BCUT2D eigenvalue weighted by Gasteiger charge is 2.26. The lowest BCUT2D eigenvalue weighted by Gasteiger charge is -2.38. The van der Waals surface area contributed by atoms with E-state index in [0.717, 1.165) is 25.3 Å². The number of ether oxygens (including phenoxy) is 1. The number of rotatable bonds is 4. The van der Waals surface area contributed by atoms with Gasteiger partial charge in [0.05, 0.1) is 6.61 Å². The van der Waals surface area contributed by atoms with Crippen LogP contribution in [0, 0.1) is 6.92 Å². The van der Waals surface area contributed by atoms with E-state index in [1.165, 1.54) is 16.8 Å². The van der Waals surface area contributed by atoms with E-state index < -0.39 is 0 Å². The van der Waals surface area contributed by atoms with E-state index in [2.05, 4.69) is 48.2 Å². The van der Waals surface area contributed by atoms with Crippen molar-refractivity contribution < 1.29 is 4.74 Å². The molecule has 2 N–H and O–H groups in total. The summed E-state index contributed by atoms with van der Waals surface area (Å²) in [6.07, 6.45) is 1.05. The molecule has 23 heavy (non-hydrogen) atoms. The molecule has 3 rings (SSSR count). The van der Waals surface area contributed by atoms with Gasteiger partial charge < -0.3 is 15.4 Å². The largest absolute Gasteiger partial charge is 0.494 e. The Bertz CT molecular complexity index is 621. The fraction of sp³-hybridized carbons (Fsp3) is 0.400. The summed E-state index contributed by atoms with van der Waals surface area (Å²) in [5.41, 5.74) is 10.2. The normalized spacial score (nSPS) is 21.3. The van der Waals surface area contributed by atoms with Gasteiger partial charge in [-0.1, -0.05) is 29.8 Å². The molecule has 2 aromatic rings. The zero-order chi connectivity index (χ0) is 16.2. The smallest absolute Gasteiger partial charge is 0.119 e. The molecule has 0 aromatic heterocycles. The molecule has 1 heterocycles. The van der Waals surface area contributed by atoms with Crippen LogP contribution in [0.4, 0.5) is 5.69 Å². The van der Waals surface area contributed by atoms with Crippen molar-refractivity contribution in [2.24, 2.45) is 5.73 Å². The zero-order valence-corrected chi connectivity index (χ0v) is 14.0. The summed E-state index contributed by atoms with van der Waals surface area (Å²) in [7, 11) is 0. The van der Waals surface area contributed by atoms with Gasteiger partial charge in [-0.2, -0.15) is 0 Å². The van der Waals surface area contributed by atoms with Gasteiger partial charge in [-0.25, -0.2) is 0 Å².